The second-order valence-corrected chi connectivity index (χ2v) is 6.17. The number of carbonyl (C=O) groups is 1. The Morgan fingerprint density at radius 2 is 2.15 bits per heavy atom. The van der Waals surface area contributed by atoms with Gasteiger partial charge in [0.1, 0.15) is 0 Å². The van der Waals surface area contributed by atoms with Gasteiger partial charge in [0.05, 0.1) is 17.7 Å². The van der Waals surface area contributed by atoms with E-state index in [1.54, 1.807) is 0 Å². The molecule has 0 amide bonds. The SMILES string of the molecule is CC1C(C(=O)O)CCN1Cc1ccn(C2CCCC2)n1. The molecule has 3 rings (SSSR count). The number of carboxylic acid groups (broad SMARTS) is 1. The Morgan fingerprint density at radius 1 is 1.40 bits per heavy atom. The smallest absolute Gasteiger partial charge is 0.308 e. The summed E-state index contributed by atoms with van der Waals surface area (Å²) in [5.74, 6) is -0.900. The monoisotopic (exact) mass is 277 g/mol. The molecule has 1 aromatic rings. The predicted octanol–water partition coefficient (Wildman–Crippen LogP) is 2.29. The molecule has 2 unspecified atom stereocenters. The van der Waals surface area contributed by atoms with Crippen LogP contribution in [0.5, 0.6) is 0 Å². The summed E-state index contributed by atoms with van der Waals surface area (Å²) in [6.45, 7) is 3.64. The molecule has 2 aliphatic rings. The highest BCUT2D eigenvalue weighted by atomic mass is 16.4. The Balaban J connectivity index is 1.62. The lowest BCUT2D eigenvalue weighted by Crippen LogP contribution is -2.32. The third-order valence-corrected chi connectivity index (χ3v) is 4.93. The number of likely N-dealkylation sites (tertiary alicyclic amines) is 1. The largest absolute Gasteiger partial charge is 0.481 e. The summed E-state index contributed by atoms with van der Waals surface area (Å²) >= 11 is 0. The fraction of sp³-hybridized carbons (Fsp3) is 0.733. The van der Waals surface area contributed by atoms with E-state index in [0.29, 0.717) is 6.04 Å². The zero-order chi connectivity index (χ0) is 14.1. The van der Waals surface area contributed by atoms with Gasteiger partial charge in [-0.1, -0.05) is 12.8 Å². The van der Waals surface area contributed by atoms with E-state index < -0.39 is 5.97 Å². The molecule has 20 heavy (non-hydrogen) atoms. The quantitative estimate of drug-likeness (QED) is 0.917. The van der Waals surface area contributed by atoms with Crippen molar-refractivity contribution in [2.24, 2.45) is 5.92 Å². The van der Waals surface area contributed by atoms with Gasteiger partial charge in [-0.05, 0) is 38.8 Å². The van der Waals surface area contributed by atoms with Crippen LogP contribution in [0.3, 0.4) is 0 Å². The molecule has 1 saturated carbocycles. The number of rotatable bonds is 4. The summed E-state index contributed by atoms with van der Waals surface area (Å²) in [7, 11) is 0. The molecular weight excluding hydrogens is 254 g/mol. The normalized spacial score (nSPS) is 28.2. The number of aromatic nitrogens is 2. The van der Waals surface area contributed by atoms with Gasteiger partial charge in [-0.15, -0.1) is 0 Å². The minimum absolute atomic E-state index is 0.101. The first-order chi connectivity index (χ1) is 9.65. The van der Waals surface area contributed by atoms with E-state index in [1.807, 2.05) is 6.92 Å². The molecule has 5 nitrogen and oxygen atoms in total. The number of hydrogen-bond acceptors (Lipinski definition) is 3. The topological polar surface area (TPSA) is 58.4 Å². The first kappa shape index (κ1) is 13.6. The molecule has 1 aromatic heterocycles. The second-order valence-electron chi connectivity index (χ2n) is 6.17. The zero-order valence-corrected chi connectivity index (χ0v) is 12.0. The van der Waals surface area contributed by atoms with E-state index in [-0.39, 0.29) is 12.0 Å². The van der Waals surface area contributed by atoms with Crippen molar-refractivity contribution in [2.45, 2.75) is 57.7 Å². The summed E-state index contributed by atoms with van der Waals surface area (Å²) in [6, 6.07) is 2.76. The number of aliphatic carboxylic acids is 1. The molecule has 2 atom stereocenters. The Kier molecular flexibility index (Phi) is 3.78. The van der Waals surface area contributed by atoms with E-state index >= 15 is 0 Å². The predicted molar refractivity (Wildman–Crippen MR) is 75.3 cm³/mol. The van der Waals surface area contributed by atoms with Crippen LogP contribution in [0.4, 0.5) is 0 Å². The summed E-state index contributed by atoms with van der Waals surface area (Å²) in [5.41, 5.74) is 1.06. The molecule has 1 aliphatic heterocycles. The van der Waals surface area contributed by atoms with Gasteiger partial charge in [0, 0.05) is 18.8 Å². The molecular formula is C15H23N3O2. The molecule has 0 bridgehead atoms. The maximum atomic E-state index is 11.1. The van der Waals surface area contributed by atoms with Crippen molar-refractivity contribution in [3.63, 3.8) is 0 Å². The van der Waals surface area contributed by atoms with Gasteiger partial charge >= 0.3 is 5.97 Å². The maximum absolute atomic E-state index is 11.1. The lowest BCUT2D eigenvalue weighted by molar-refractivity contribution is -0.142. The highest BCUT2D eigenvalue weighted by molar-refractivity contribution is 5.71. The van der Waals surface area contributed by atoms with Gasteiger partial charge in [0.2, 0.25) is 0 Å². The highest BCUT2D eigenvalue weighted by Crippen LogP contribution is 2.29. The van der Waals surface area contributed by atoms with Gasteiger partial charge < -0.3 is 5.11 Å². The highest BCUT2D eigenvalue weighted by Gasteiger charge is 2.35. The number of hydrogen-bond donors (Lipinski definition) is 1. The minimum Gasteiger partial charge on any atom is -0.481 e. The van der Waals surface area contributed by atoms with Crippen LogP contribution in [0.25, 0.3) is 0 Å². The van der Waals surface area contributed by atoms with Crippen LogP contribution >= 0.6 is 0 Å². The van der Waals surface area contributed by atoms with Crippen molar-refractivity contribution in [1.82, 2.24) is 14.7 Å². The standard InChI is InChI=1S/C15H23N3O2/c1-11-14(15(19)20)7-8-17(11)10-12-6-9-18(16-12)13-4-2-3-5-13/h6,9,11,13-14H,2-5,7-8,10H2,1H3,(H,19,20). The lowest BCUT2D eigenvalue weighted by Gasteiger charge is -2.21. The second kappa shape index (κ2) is 5.56. The van der Waals surface area contributed by atoms with Crippen LogP contribution in [-0.4, -0.2) is 38.3 Å². The molecule has 2 fully saturated rings. The minimum atomic E-state index is -0.670. The Labute approximate surface area is 119 Å². The molecule has 0 spiro atoms. The van der Waals surface area contributed by atoms with E-state index in [9.17, 15) is 4.79 Å². The first-order valence-electron chi connectivity index (χ1n) is 7.66. The van der Waals surface area contributed by atoms with Crippen LogP contribution < -0.4 is 0 Å². The number of nitrogens with zero attached hydrogens (tertiary/aromatic N) is 3. The van der Waals surface area contributed by atoms with E-state index in [2.05, 4.69) is 26.9 Å². The summed E-state index contributed by atoms with van der Waals surface area (Å²) < 4.78 is 2.11. The third-order valence-electron chi connectivity index (χ3n) is 4.93. The van der Waals surface area contributed by atoms with Gasteiger partial charge in [-0.3, -0.25) is 14.4 Å². The lowest BCUT2D eigenvalue weighted by atomic mass is 10.0. The molecule has 1 aliphatic carbocycles. The van der Waals surface area contributed by atoms with Crippen molar-refractivity contribution in [2.75, 3.05) is 6.54 Å². The Bertz CT molecular complexity index is 479. The fourth-order valence-corrected chi connectivity index (χ4v) is 3.60. The molecule has 1 N–H and O–H groups in total. The first-order valence-corrected chi connectivity index (χ1v) is 7.66. The molecule has 0 radical (unpaired) electrons. The van der Waals surface area contributed by atoms with Crippen LogP contribution in [0.2, 0.25) is 0 Å². The maximum Gasteiger partial charge on any atom is 0.308 e. The van der Waals surface area contributed by atoms with Crippen LogP contribution in [0, 0.1) is 5.92 Å². The number of carboxylic acids is 1. The van der Waals surface area contributed by atoms with Crippen molar-refractivity contribution in [3.05, 3.63) is 18.0 Å². The fourth-order valence-electron chi connectivity index (χ4n) is 3.60. The summed E-state index contributed by atoms with van der Waals surface area (Å²) in [4.78, 5) is 13.4. The molecule has 0 aromatic carbocycles. The Morgan fingerprint density at radius 3 is 2.80 bits per heavy atom. The summed E-state index contributed by atoms with van der Waals surface area (Å²) in [5, 5.41) is 13.9. The van der Waals surface area contributed by atoms with Crippen LogP contribution in [0.1, 0.15) is 50.8 Å². The van der Waals surface area contributed by atoms with Crippen molar-refractivity contribution in [1.29, 1.82) is 0 Å². The molecule has 2 heterocycles. The van der Waals surface area contributed by atoms with Crippen molar-refractivity contribution in [3.8, 4) is 0 Å². The molecule has 110 valence electrons. The van der Waals surface area contributed by atoms with E-state index in [1.165, 1.54) is 25.7 Å². The van der Waals surface area contributed by atoms with Crippen LogP contribution in [-0.2, 0) is 11.3 Å². The van der Waals surface area contributed by atoms with Crippen LogP contribution in [0.15, 0.2) is 12.3 Å². The summed E-state index contributed by atoms with van der Waals surface area (Å²) in [6.07, 6.45) is 7.93. The average molecular weight is 277 g/mol. The van der Waals surface area contributed by atoms with Gasteiger partial charge in [0.25, 0.3) is 0 Å². The van der Waals surface area contributed by atoms with Gasteiger partial charge in [-0.2, -0.15) is 5.10 Å². The zero-order valence-electron chi connectivity index (χ0n) is 12.0. The van der Waals surface area contributed by atoms with Crippen molar-refractivity contribution < 1.29 is 9.90 Å². The third kappa shape index (κ3) is 2.59. The van der Waals surface area contributed by atoms with E-state index in [0.717, 1.165) is 25.2 Å². The van der Waals surface area contributed by atoms with E-state index in [4.69, 9.17) is 5.11 Å². The van der Waals surface area contributed by atoms with Gasteiger partial charge in [0.15, 0.2) is 0 Å². The van der Waals surface area contributed by atoms with Crippen molar-refractivity contribution >= 4 is 5.97 Å². The molecule has 5 heteroatoms. The molecule has 1 saturated heterocycles. The average Bonchev–Trinajstić information content (AvgIpc) is 3.12. The Hall–Kier alpha value is -1.36. The van der Waals surface area contributed by atoms with Gasteiger partial charge in [-0.25, -0.2) is 0 Å².